The Balaban J connectivity index is 1.15. The first-order valence-corrected chi connectivity index (χ1v) is 12.4. The molecule has 0 saturated carbocycles. The number of amides is 1. The summed E-state index contributed by atoms with van der Waals surface area (Å²) in [5.74, 6) is 3.12. The van der Waals surface area contributed by atoms with Crippen LogP contribution >= 0.6 is 0 Å². The summed E-state index contributed by atoms with van der Waals surface area (Å²) in [4.78, 5) is 23.9. The van der Waals surface area contributed by atoms with Crippen LogP contribution in [0.5, 0.6) is 23.0 Å². The number of amidine groups is 1. The van der Waals surface area contributed by atoms with Crippen molar-refractivity contribution in [2.45, 2.75) is 13.2 Å². The number of nitrogens with one attached hydrogen (secondary N) is 1. The fourth-order valence-electron chi connectivity index (χ4n) is 4.61. The quantitative estimate of drug-likeness (QED) is 0.349. The summed E-state index contributed by atoms with van der Waals surface area (Å²) in [6.45, 7) is 1.32. The second kappa shape index (κ2) is 10.4. The number of benzene rings is 3. The van der Waals surface area contributed by atoms with Crippen molar-refractivity contribution in [2.75, 3.05) is 31.0 Å². The molecular weight excluding hydrogens is 496 g/mol. The van der Waals surface area contributed by atoms with E-state index in [-0.39, 0.29) is 12.5 Å². The highest BCUT2D eigenvalue weighted by Gasteiger charge is 2.31. The number of carbonyl (C=O) groups is 1. The number of hydrogen-bond donors (Lipinski definition) is 1. The monoisotopic (exact) mass is 522 g/mol. The number of anilines is 2. The number of pyridine rings is 1. The SMILES string of the molecule is COc1ccc2c(c1OC)N=C1COc3cc(C(=O)Nc4ccc(OCc5ccncc5)cc4)ccc3N1C2. The maximum Gasteiger partial charge on any atom is 0.255 e. The van der Waals surface area contributed by atoms with Crippen LogP contribution in [-0.4, -0.2) is 37.6 Å². The summed E-state index contributed by atoms with van der Waals surface area (Å²) in [5, 5.41) is 2.94. The number of ether oxygens (including phenoxy) is 4. The lowest BCUT2D eigenvalue weighted by molar-refractivity contribution is 0.102. The molecule has 1 amide bonds. The molecule has 0 fully saturated rings. The second-order valence-electron chi connectivity index (χ2n) is 9.02. The summed E-state index contributed by atoms with van der Waals surface area (Å²) < 4.78 is 22.8. The molecule has 1 aromatic heterocycles. The van der Waals surface area contributed by atoms with Gasteiger partial charge in [-0.2, -0.15) is 0 Å². The van der Waals surface area contributed by atoms with Gasteiger partial charge in [0.2, 0.25) is 0 Å². The van der Waals surface area contributed by atoms with E-state index >= 15 is 0 Å². The van der Waals surface area contributed by atoms with E-state index in [9.17, 15) is 4.79 Å². The first-order chi connectivity index (χ1) is 19.1. The first kappa shape index (κ1) is 24.3. The summed E-state index contributed by atoms with van der Waals surface area (Å²) in [6.07, 6.45) is 3.46. The Bertz CT molecular complexity index is 1550. The zero-order valence-electron chi connectivity index (χ0n) is 21.5. The van der Waals surface area contributed by atoms with E-state index in [1.165, 1.54) is 0 Å². The number of fused-ring (bicyclic) bond motifs is 4. The fourth-order valence-corrected chi connectivity index (χ4v) is 4.61. The lowest BCUT2D eigenvalue weighted by atomic mass is 10.1. The molecule has 0 saturated heterocycles. The Morgan fingerprint density at radius 1 is 1.00 bits per heavy atom. The van der Waals surface area contributed by atoms with Crippen LogP contribution in [0.25, 0.3) is 0 Å². The van der Waals surface area contributed by atoms with Gasteiger partial charge in [0, 0.05) is 29.2 Å². The smallest absolute Gasteiger partial charge is 0.255 e. The normalized spacial score (nSPS) is 13.2. The van der Waals surface area contributed by atoms with Crippen LogP contribution in [0.3, 0.4) is 0 Å². The van der Waals surface area contributed by atoms with Gasteiger partial charge in [0.25, 0.3) is 5.91 Å². The van der Waals surface area contributed by atoms with Gasteiger partial charge < -0.3 is 29.2 Å². The highest BCUT2D eigenvalue weighted by molar-refractivity contribution is 6.08. The van der Waals surface area contributed by atoms with Crippen molar-refractivity contribution in [2.24, 2.45) is 4.99 Å². The predicted octanol–water partition coefficient (Wildman–Crippen LogP) is 5.37. The van der Waals surface area contributed by atoms with Gasteiger partial charge >= 0.3 is 0 Å². The van der Waals surface area contributed by atoms with Gasteiger partial charge in [-0.3, -0.25) is 9.78 Å². The molecule has 9 nitrogen and oxygen atoms in total. The van der Waals surface area contributed by atoms with Gasteiger partial charge in [-0.1, -0.05) is 6.07 Å². The Labute approximate surface area is 225 Å². The van der Waals surface area contributed by atoms with Crippen molar-refractivity contribution < 1.29 is 23.7 Å². The molecule has 196 valence electrons. The van der Waals surface area contributed by atoms with E-state index in [4.69, 9.17) is 23.9 Å². The lowest BCUT2D eigenvalue weighted by Crippen LogP contribution is -2.40. The molecule has 0 aliphatic carbocycles. The number of hydrogen-bond acceptors (Lipinski definition) is 8. The molecule has 9 heteroatoms. The van der Waals surface area contributed by atoms with Crippen LogP contribution in [-0.2, 0) is 13.2 Å². The van der Waals surface area contributed by atoms with E-state index in [1.807, 2.05) is 54.6 Å². The lowest BCUT2D eigenvalue weighted by Gasteiger charge is -2.35. The van der Waals surface area contributed by atoms with Gasteiger partial charge in [0.1, 0.15) is 36.2 Å². The zero-order chi connectivity index (χ0) is 26.8. The molecule has 0 radical (unpaired) electrons. The number of aromatic nitrogens is 1. The Kier molecular flexibility index (Phi) is 6.46. The van der Waals surface area contributed by atoms with E-state index in [0.717, 1.165) is 28.3 Å². The van der Waals surface area contributed by atoms with E-state index in [1.54, 1.807) is 38.7 Å². The topological polar surface area (TPSA) is 94.5 Å². The molecule has 4 aromatic rings. The van der Waals surface area contributed by atoms with Gasteiger partial charge in [-0.25, -0.2) is 4.99 Å². The van der Waals surface area contributed by atoms with Crippen molar-refractivity contribution >= 4 is 28.8 Å². The first-order valence-electron chi connectivity index (χ1n) is 12.4. The highest BCUT2D eigenvalue weighted by atomic mass is 16.5. The van der Waals surface area contributed by atoms with Crippen LogP contribution in [0, 0.1) is 0 Å². The van der Waals surface area contributed by atoms with Crippen LogP contribution < -0.4 is 29.2 Å². The molecule has 0 bridgehead atoms. The number of rotatable bonds is 7. The summed E-state index contributed by atoms with van der Waals surface area (Å²) in [5.41, 5.74) is 4.81. The van der Waals surface area contributed by atoms with Crippen molar-refractivity contribution in [1.82, 2.24) is 4.98 Å². The van der Waals surface area contributed by atoms with Crippen LogP contribution in [0.15, 0.2) is 84.1 Å². The standard InChI is InChI=1S/C30H26N4O5/c1-36-25-10-4-21-16-34-24-9-3-20(15-26(24)39-18-27(34)33-28(21)29(25)37-2)30(35)32-22-5-7-23(8-6-22)38-17-19-11-13-31-14-12-19/h3-15H,16-18H2,1-2H3,(H,32,35). The Hall–Kier alpha value is -5.05. The predicted molar refractivity (Wildman–Crippen MR) is 148 cm³/mol. The molecule has 1 N–H and O–H groups in total. The second-order valence-corrected chi connectivity index (χ2v) is 9.02. The van der Waals surface area contributed by atoms with Crippen LogP contribution in [0.1, 0.15) is 21.5 Å². The molecular formula is C30H26N4O5. The van der Waals surface area contributed by atoms with Gasteiger partial charge in [0.05, 0.1) is 26.5 Å². The maximum absolute atomic E-state index is 13.0. The van der Waals surface area contributed by atoms with Crippen molar-refractivity contribution in [3.63, 3.8) is 0 Å². The molecule has 3 heterocycles. The Morgan fingerprint density at radius 3 is 2.59 bits per heavy atom. The summed E-state index contributed by atoms with van der Waals surface area (Å²) in [6, 6.07) is 20.4. The highest BCUT2D eigenvalue weighted by Crippen LogP contribution is 2.45. The van der Waals surface area contributed by atoms with Crippen molar-refractivity contribution in [1.29, 1.82) is 0 Å². The molecule has 39 heavy (non-hydrogen) atoms. The Morgan fingerprint density at radius 2 is 1.82 bits per heavy atom. The number of nitrogens with zero attached hydrogens (tertiary/aromatic N) is 3. The average Bonchev–Trinajstić information content (AvgIpc) is 2.99. The molecule has 0 spiro atoms. The molecule has 3 aromatic carbocycles. The van der Waals surface area contributed by atoms with Crippen molar-refractivity contribution in [3.05, 3.63) is 95.8 Å². The average molecular weight is 523 g/mol. The number of aliphatic imine (C=N–C) groups is 1. The third-order valence-electron chi connectivity index (χ3n) is 6.62. The van der Waals surface area contributed by atoms with Crippen molar-refractivity contribution in [3.8, 4) is 23.0 Å². The molecule has 0 unspecified atom stereocenters. The maximum atomic E-state index is 13.0. The van der Waals surface area contributed by atoms with Gasteiger partial charge in [-0.15, -0.1) is 0 Å². The van der Waals surface area contributed by atoms with Gasteiger partial charge in [0.15, 0.2) is 11.5 Å². The summed E-state index contributed by atoms with van der Waals surface area (Å²) >= 11 is 0. The molecule has 0 atom stereocenters. The summed E-state index contributed by atoms with van der Waals surface area (Å²) in [7, 11) is 3.21. The largest absolute Gasteiger partial charge is 0.493 e. The molecule has 2 aliphatic heterocycles. The van der Waals surface area contributed by atoms with Crippen LogP contribution in [0.2, 0.25) is 0 Å². The fraction of sp³-hybridized carbons (Fsp3) is 0.167. The zero-order valence-corrected chi connectivity index (χ0v) is 21.5. The minimum atomic E-state index is -0.230. The third kappa shape index (κ3) is 4.82. The minimum Gasteiger partial charge on any atom is -0.493 e. The van der Waals surface area contributed by atoms with E-state index in [0.29, 0.717) is 47.4 Å². The van der Waals surface area contributed by atoms with E-state index < -0.39 is 0 Å². The molecule has 6 rings (SSSR count). The van der Waals surface area contributed by atoms with Crippen LogP contribution in [0.4, 0.5) is 17.1 Å². The van der Waals surface area contributed by atoms with Gasteiger partial charge in [-0.05, 0) is 66.2 Å². The molecule has 2 aliphatic rings. The number of methoxy groups -OCH3 is 2. The minimum absolute atomic E-state index is 0.230. The van der Waals surface area contributed by atoms with E-state index in [2.05, 4.69) is 15.2 Å². The third-order valence-corrected chi connectivity index (χ3v) is 6.62. The number of carbonyl (C=O) groups excluding carboxylic acids is 1.